The quantitative estimate of drug-likeness (QED) is 0.378. The molecule has 3 nitrogen and oxygen atoms in total. The zero-order valence-corrected chi connectivity index (χ0v) is 17.2. The lowest BCUT2D eigenvalue weighted by molar-refractivity contribution is -0.276. The fraction of sp³-hybridized carbons (Fsp3) is 0.278. The average molecular weight is 549 g/mol. The van der Waals surface area contributed by atoms with E-state index in [-0.39, 0.29) is 26.4 Å². The van der Waals surface area contributed by atoms with Gasteiger partial charge in [0.25, 0.3) is 5.60 Å². The Kier molecular flexibility index (Phi) is 5.82. The highest BCUT2D eigenvalue weighted by molar-refractivity contribution is 14.1. The SMILES string of the molecule is NCc1ccc(C2=NOC(c3cc(I)cc(C(F)(F)F)c3)(C(F)(F)F)C2)cc1Cl. The number of alkyl halides is 6. The maximum Gasteiger partial charge on any atom is 0.435 e. The van der Waals surface area contributed by atoms with Gasteiger partial charge in [0, 0.05) is 32.7 Å². The molecular weight excluding hydrogens is 537 g/mol. The van der Waals surface area contributed by atoms with Gasteiger partial charge in [0.05, 0.1) is 11.3 Å². The third-order valence-electron chi connectivity index (χ3n) is 4.48. The molecule has 3 rings (SSSR count). The lowest BCUT2D eigenvalue weighted by Gasteiger charge is -2.30. The van der Waals surface area contributed by atoms with Gasteiger partial charge in [0.2, 0.25) is 0 Å². The van der Waals surface area contributed by atoms with E-state index >= 15 is 0 Å². The predicted molar refractivity (Wildman–Crippen MR) is 103 cm³/mol. The minimum atomic E-state index is -5.02. The first-order chi connectivity index (χ1) is 13.4. The van der Waals surface area contributed by atoms with Gasteiger partial charge in [-0.3, -0.25) is 0 Å². The first kappa shape index (κ1) is 22.2. The highest BCUT2D eigenvalue weighted by Crippen LogP contribution is 2.50. The molecule has 2 N–H and O–H groups in total. The summed E-state index contributed by atoms with van der Waals surface area (Å²) in [5.74, 6) is 0. The fourth-order valence-corrected chi connectivity index (χ4v) is 3.87. The Morgan fingerprint density at radius 3 is 2.34 bits per heavy atom. The van der Waals surface area contributed by atoms with Gasteiger partial charge in [0.1, 0.15) is 0 Å². The van der Waals surface area contributed by atoms with Gasteiger partial charge in [-0.1, -0.05) is 28.9 Å². The molecule has 29 heavy (non-hydrogen) atoms. The minimum Gasteiger partial charge on any atom is -0.374 e. The second-order valence-electron chi connectivity index (χ2n) is 6.37. The monoisotopic (exact) mass is 548 g/mol. The Morgan fingerprint density at radius 1 is 1.10 bits per heavy atom. The van der Waals surface area contributed by atoms with E-state index in [0.29, 0.717) is 11.6 Å². The molecule has 11 heteroatoms. The van der Waals surface area contributed by atoms with Gasteiger partial charge in [-0.15, -0.1) is 0 Å². The van der Waals surface area contributed by atoms with Crippen LogP contribution in [-0.2, 0) is 23.2 Å². The maximum absolute atomic E-state index is 14.0. The molecule has 156 valence electrons. The van der Waals surface area contributed by atoms with E-state index in [1.165, 1.54) is 34.7 Å². The zero-order chi connectivity index (χ0) is 21.6. The van der Waals surface area contributed by atoms with Crippen molar-refractivity contribution in [2.75, 3.05) is 0 Å². The van der Waals surface area contributed by atoms with Crippen molar-refractivity contribution in [3.63, 3.8) is 0 Å². The summed E-state index contributed by atoms with van der Waals surface area (Å²) in [6, 6.07) is 6.63. The fourth-order valence-electron chi connectivity index (χ4n) is 2.94. The topological polar surface area (TPSA) is 47.6 Å². The number of nitrogens with two attached hydrogens (primary N) is 1. The average Bonchev–Trinajstić information content (AvgIpc) is 3.07. The van der Waals surface area contributed by atoms with Gasteiger partial charge >= 0.3 is 12.4 Å². The van der Waals surface area contributed by atoms with Crippen LogP contribution in [0.5, 0.6) is 0 Å². The van der Waals surface area contributed by atoms with Crippen LogP contribution in [0, 0.1) is 3.57 Å². The number of halogens is 8. The standard InChI is InChI=1S/C18H12ClF6IN2O/c19-14-3-9(1-2-10(14)8-27)15-7-16(29-28-15,18(23,24)25)11-4-12(17(20,21)22)6-13(26)5-11/h1-6H,7-8,27H2. The lowest BCUT2D eigenvalue weighted by atomic mass is 9.85. The van der Waals surface area contributed by atoms with Crippen LogP contribution in [-0.4, -0.2) is 11.9 Å². The van der Waals surface area contributed by atoms with E-state index in [0.717, 1.165) is 12.1 Å². The van der Waals surface area contributed by atoms with E-state index in [4.69, 9.17) is 22.2 Å². The Balaban J connectivity index is 2.06. The van der Waals surface area contributed by atoms with Crippen molar-refractivity contribution in [1.29, 1.82) is 0 Å². The number of nitrogens with zero attached hydrogens (tertiary/aromatic N) is 1. The van der Waals surface area contributed by atoms with Crippen LogP contribution in [0.3, 0.4) is 0 Å². The van der Waals surface area contributed by atoms with E-state index in [1.54, 1.807) is 6.07 Å². The third kappa shape index (κ3) is 4.19. The van der Waals surface area contributed by atoms with Crippen molar-refractivity contribution >= 4 is 39.9 Å². The molecule has 0 saturated heterocycles. The smallest absolute Gasteiger partial charge is 0.374 e. The molecule has 0 spiro atoms. The Hall–Kier alpha value is -1.53. The second-order valence-corrected chi connectivity index (χ2v) is 8.02. The van der Waals surface area contributed by atoms with Crippen LogP contribution in [0.1, 0.15) is 28.7 Å². The molecule has 2 aromatic rings. The van der Waals surface area contributed by atoms with Crippen molar-refractivity contribution in [2.45, 2.75) is 30.9 Å². The Morgan fingerprint density at radius 2 is 1.79 bits per heavy atom. The summed E-state index contributed by atoms with van der Waals surface area (Å²) in [7, 11) is 0. The number of hydrogen-bond donors (Lipinski definition) is 1. The lowest BCUT2D eigenvalue weighted by Crippen LogP contribution is -2.43. The highest BCUT2D eigenvalue weighted by atomic mass is 127. The normalized spacial score (nSPS) is 19.8. The van der Waals surface area contributed by atoms with Gasteiger partial charge in [-0.2, -0.15) is 26.3 Å². The molecule has 0 saturated carbocycles. The van der Waals surface area contributed by atoms with Crippen molar-refractivity contribution in [1.82, 2.24) is 0 Å². The molecule has 0 aromatic heterocycles. The van der Waals surface area contributed by atoms with Crippen LogP contribution in [0.2, 0.25) is 5.02 Å². The second kappa shape index (κ2) is 7.62. The Labute approximate surface area is 180 Å². The molecule has 1 heterocycles. The van der Waals surface area contributed by atoms with Crippen molar-refractivity contribution in [3.05, 3.63) is 67.2 Å². The van der Waals surface area contributed by atoms with E-state index < -0.39 is 35.5 Å². The largest absolute Gasteiger partial charge is 0.435 e. The molecule has 0 radical (unpaired) electrons. The van der Waals surface area contributed by atoms with Crippen LogP contribution in [0.15, 0.2) is 41.6 Å². The highest BCUT2D eigenvalue weighted by Gasteiger charge is 2.62. The number of hydrogen-bond acceptors (Lipinski definition) is 3. The molecule has 1 unspecified atom stereocenters. The van der Waals surface area contributed by atoms with Crippen molar-refractivity contribution < 1.29 is 31.2 Å². The van der Waals surface area contributed by atoms with Gasteiger partial charge in [-0.25, -0.2) is 0 Å². The summed E-state index contributed by atoms with van der Waals surface area (Å²) in [5, 5.41) is 3.79. The van der Waals surface area contributed by atoms with Gasteiger partial charge < -0.3 is 10.6 Å². The van der Waals surface area contributed by atoms with Gasteiger partial charge in [0.15, 0.2) is 0 Å². The molecule has 1 aliphatic heterocycles. The summed E-state index contributed by atoms with van der Waals surface area (Å²) in [6.45, 7) is 0.136. The summed E-state index contributed by atoms with van der Waals surface area (Å²) < 4.78 is 81.5. The van der Waals surface area contributed by atoms with Crippen LogP contribution < -0.4 is 5.73 Å². The molecule has 1 atom stereocenters. The van der Waals surface area contributed by atoms with Gasteiger partial charge in [-0.05, 0) is 52.4 Å². The number of oxime groups is 1. The molecule has 0 amide bonds. The van der Waals surface area contributed by atoms with Crippen LogP contribution in [0.4, 0.5) is 26.3 Å². The molecular formula is C18H12ClF6IN2O. The predicted octanol–water partition coefficient (Wildman–Crippen LogP) is 6.00. The molecule has 0 bridgehead atoms. The van der Waals surface area contributed by atoms with Crippen molar-refractivity contribution in [3.8, 4) is 0 Å². The first-order valence-corrected chi connectivity index (χ1v) is 9.52. The number of rotatable bonds is 3. The first-order valence-electron chi connectivity index (χ1n) is 8.06. The van der Waals surface area contributed by atoms with E-state index in [2.05, 4.69) is 5.16 Å². The molecule has 0 aliphatic carbocycles. The summed E-state index contributed by atoms with van der Waals surface area (Å²) in [4.78, 5) is 4.80. The summed E-state index contributed by atoms with van der Waals surface area (Å²) >= 11 is 7.59. The third-order valence-corrected chi connectivity index (χ3v) is 5.46. The Bertz CT molecular complexity index is 976. The molecule has 1 aliphatic rings. The molecule has 0 fully saturated rings. The number of benzene rings is 2. The van der Waals surface area contributed by atoms with Crippen LogP contribution in [0.25, 0.3) is 0 Å². The minimum absolute atomic E-state index is 0.0107. The van der Waals surface area contributed by atoms with E-state index in [1.807, 2.05) is 0 Å². The van der Waals surface area contributed by atoms with Crippen molar-refractivity contribution in [2.24, 2.45) is 10.9 Å². The van der Waals surface area contributed by atoms with Crippen LogP contribution >= 0.6 is 34.2 Å². The summed E-state index contributed by atoms with van der Waals surface area (Å²) in [5.41, 5.74) is 1.37. The summed E-state index contributed by atoms with van der Waals surface area (Å²) in [6.07, 6.45) is -10.6. The molecule has 2 aromatic carbocycles. The zero-order valence-electron chi connectivity index (χ0n) is 14.3. The maximum atomic E-state index is 14.0. The van der Waals surface area contributed by atoms with E-state index in [9.17, 15) is 26.3 Å².